The zero-order valence-corrected chi connectivity index (χ0v) is 30.9. The van der Waals surface area contributed by atoms with Crippen LogP contribution in [-0.2, 0) is 0 Å². The van der Waals surface area contributed by atoms with Crippen molar-refractivity contribution in [1.29, 1.82) is 0 Å². The second-order valence-electron chi connectivity index (χ2n) is 13.1. The van der Waals surface area contributed by atoms with Gasteiger partial charge in [-0.15, -0.1) is 0 Å². The molecule has 1 aliphatic heterocycles. The lowest BCUT2D eigenvalue weighted by Gasteiger charge is -2.22. The summed E-state index contributed by atoms with van der Waals surface area (Å²) >= 11 is 0. The molecule has 270 valence electrons. The highest BCUT2D eigenvalue weighted by molar-refractivity contribution is 6.08. The third-order valence-electron chi connectivity index (χ3n) is 9.78. The lowest BCUT2D eigenvalue weighted by atomic mass is 9.92. The van der Waals surface area contributed by atoms with Crippen LogP contribution < -0.4 is 4.74 Å². The predicted molar refractivity (Wildman–Crippen MR) is 231 cm³/mol. The molecule has 1 aliphatic rings. The molecule has 2 aromatic heterocycles. The Morgan fingerprint density at radius 2 is 1.23 bits per heavy atom. The SMILES string of the molecule is C=C/C=C(\C=C)c1nc(/C(C=C)=C/C=C\C)nc(-c2ccc(-c3ccc(-n4c5c(c6ccccc64)-c4ccccc4/C(=C/O)Oc4ccccc4-5)cc3)cc2)n1. The molecule has 6 heteroatoms. The molecule has 0 saturated carbocycles. The summed E-state index contributed by atoms with van der Waals surface area (Å²) in [7, 11) is 0. The fourth-order valence-electron chi connectivity index (χ4n) is 7.14. The maximum absolute atomic E-state index is 10.3. The number of hydrogen-bond acceptors (Lipinski definition) is 5. The first-order valence-corrected chi connectivity index (χ1v) is 18.3. The molecule has 0 saturated heterocycles. The van der Waals surface area contributed by atoms with Crippen molar-refractivity contribution in [2.75, 3.05) is 0 Å². The van der Waals surface area contributed by atoms with Crippen LogP contribution in [0.15, 0.2) is 190 Å². The third-order valence-corrected chi connectivity index (χ3v) is 9.78. The molecule has 0 fully saturated rings. The number of benzene rings is 5. The summed E-state index contributed by atoms with van der Waals surface area (Å²) < 4.78 is 8.72. The summed E-state index contributed by atoms with van der Waals surface area (Å²) in [5, 5.41) is 11.4. The minimum atomic E-state index is 0.399. The van der Waals surface area contributed by atoms with Crippen LogP contribution >= 0.6 is 0 Å². The van der Waals surface area contributed by atoms with Crippen molar-refractivity contribution in [1.82, 2.24) is 19.5 Å². The van der Waals surface area contributed by atoms with Crippen molar-refractivity contribution in [2.24, 2.45) is 0 Å². The Bertz CT molecular complexity index is 2780. The first kappa shape index (κ1) is 35.5. The van der Waals surface area contributed by atoms with E-state index in [1.165, 1.54) is 0 Å². The van der Waals surface area contributed by atoms with Gasteiger partial charge in [0.1, 0.15) is 12.0 Å². The van der Waals surface area contributed by atoms with Crippen molar-refractivity contribution in [3.63, 3.8) is 0 Å². The number of rotatable bonds is 9. The van der Waals surface area contributed by atoms with Gasteiger partial charge in [-0.25, -0.2) is 15.0 Å². The minimum absolute atomic E-state index is 0.399. The summed E-state index contributed by atoms with van der Waals surface area (Å²) in [6, 6.07) is 41.3. The fourth-order valence-corrected chi connectivity index (χ4v) is 7.14. The molecular formula is C50H38N4O2. The van der Waals surface area contributed by atoms with Crippen molar-refractivity contribution >= 4 is 27.8 Å². The number of aliphatic hydroxyl groups excluding tert-OH is 1. The van der Waals surface area contributed by atoms with E-state index >= 15 is 0 Å². The molecule has 8 rings (SSSR count). The summed E-state index contributed by atoms with van der Waals surface area (Å²) in [6.07, 6.45) is 13.8. The van der Waals surface area contributed by atoms with Crippen LogP contribution in [0.2, 0.25) is 0 Å². The molecule has 3 heterocycles. The average molecular weight is 727 g/mol. The van der Waals surface area contributed by atoms with Crippen molar-refractivity contribution in [2.45, 2.75) is 6.92 Å². The van der Waals surface area contributed by atoms with Crippen LogP contribution in [0.1, 0.15) is 24.1 Å². The van der Waals surface area contributed by atoms with Gasteiger partial charge in [0.2, 0.25) is 0 Å². The van der Waals surface area contributed by atoms with Crippen molar-refractivity contribution in [3.8, 4) is 56.3 Å². The topological polar surface area (TPSA) is 73.1 Å². The van der Waals surface area contributed by atoms with Crippen LogP contribution in [0.4, 0.5) is 0 Å². The molecule has 56 heavy (non-hydrogen) atoms. The van der Waals surface area contributed by atoms with Crippen LogP contribution in [0.5, 0.6) is 5.75 Å². The van der Waals surface area contributed by atoms with Gasteiger partial charge in [0, 0.05) is 44.5 Å². The third kappa shape index (κ3) is 6.39. The summed E-state index contributed by atoms with van der Waals surface area (Å²) in [5.74, 6) is 2.62. The van der Waals surface area contributed by atoms with Gasteiger partial charge >= 0.3 is 0 Å². The van der Waals surface area contributed by atoms with E-state index in [-0.39, 0.29) is 0 Å². The second-order valence-corrected chi connectivity index (χ2v) is 13.1. The summed E-state index contributed by atoms with van der Waals surface area (Å²) in [6.45, 7) is 13.7. The van der Waals surface area contributed by atoms with E-state index in [0.29, 0.717) is 29.0 Å². The largest absolute Gasteiger partial charge is 0.512 e. The fraction of sp³-hybridized carbons (Fsp3) is 0.0200. The monoisotopic (exact) mass is 726 g/mol. The highest BCUT2D eigenvalue weighted by atomic mass is 16.5. The molecule has 0 spiro atoms. The van der Waals surface area contributed by atoms with E-state index in [9.17, 15) is 5.11 Å². The van der Waals surface area contributed by atoms with E-state index in [2.05, 4.69) is 97.1 Å². The minimum Gasteiger partial charge on any atom is -0.512 e. The zero-order valence-electron chi connectivity index (χ0n) is 30.9. The average Bonchev–Trinajstić information content (AvgIpc) is 3.59. The van der Waals surface area contributed by atoms with Crippen LogP contribution in [0.3, 0.4) is 0 Å². The summed E-state index contributed by atoms with van der Waals surface area (Å²) in [4.78, 5) is 14.4. The van der Waals surface area contributed by atoms with E-state index < -0.39 is 0 Å². The molecular weight excluding hydrogens is 689 g/mol. The molecule has 5 aromatic carbocycles. The number of fused-ring (bicyclic) bond motifs is 7. The molecule has 7 aromatic rings. The molecule has 0 unspecified atom stereocenters. The van der Waals surface area contributed by atoms with E-state index in [0.717, 1.165) is 78.6 Å². The first-order valence-electron chi connectivity index (χ1n) is 18.3. The van der Waals surface area contributed by atoms with Crippen LogP contribution in [0, 0.1) is 0 Å². The Labute approximate surface area is 326 Å². The number of para-hydroxylation sites is 2. The van der Waals surface area contributed by atoms with Gasteiger partial charge in [0.05, 0.1) is 11.2 Å². The predicted octanol–water partition coefficient (Wildman–Crippen LogP) is 12.6. The number of allylic oxidation sites excluding steroid dienone is 9. The van der Waals surface area contributed by atoms with Gasteiger partial charge in [0.15, 0.2) is 23.2 Å². The number of ether oxygens (including phenoxy) is 1. The van der Waals surface area contributed by atoms with Gasteiger partial charge in [-0.2, -0.15) is 0 Å². The van der Waals surface area contributed by atoms with E-state index in [1.807, 2.05) is 79.8 Å². The quantitative estimate of drug-likeness (QED) is 0.118. The first-order chi connectivity index (χ1) is 27.6. The van der Waals surface area contributed by atoms with Gasteiger partial charge < -0.3 is 14.4 Å². The highest BCUT2D eigenvalue weighted by Gasteiger charge is 2.28. The van der Waals surface area contributed by atoms with Gasteiger partial charge in [-0.1, -0.05) is 153 Å². The van der Waals surface area contributed by atoms with Gasteiger partial charge in [0.25, 0.3) is 0 Å². The van der Waals surface area contributed by atoms with Crippen molar-refractivity contribution < 1.29 is 9.84 Å². The Hall–Kier alpha value is -7.57. The Morgan fingerprint density at radius 3 is 1.89 bits per heavy atom. The molecule has 0 radical (unpaired) electrons. The van der Waals surface area contributed by atoms with Crippen LogP contribution in [0.25, 0.3) is 78.4 Å². The molecule has 0 amide bonds. The normalized spacial score (nSPS) is 13.3. The maximum atomic E-state index is 10.3. The number of hydrogen-bond donors (Lipinski definition) is 1. The summed E-state index contributed by atoms with van der Waals surface area (Å²) in [5.41, 5.74) is 11.4. The van der Waals surface area contributed by atoms with E-state index in [4.69, 9.17) is 19.7 Å². The number of aromatic nitrogens is 4. The molecule has 1 N–H and O–H groups in total. The molecule has 6 nitrogen and oxygen atoms in total. The molecule has 0 atom stereocenters. The molecule has 0 bridgehead atoms. The standard InChI is InChI=1S/C50H38N4O2/c1-5-9-17-34(8-4)49-51-48(33(7-3)16-6-2)52-50(53-49)37-26-24-35(25-27-37)36-28-30-38(31-29-36)54-43-22-14-12-20-41(43)46-40-19-11-10-18-39(40)45(32-55)56-44-23-15-13-21-42(44)47(46)54/h5-32,55H,2-4H2,1H3/b9-5-,33-16+,34-17+,45-32-. The second kappa shape index (κ2) is 15.4. The number of aliphatic hydroxyl groups is 1. The van der Waals surface area contributed by atoms with Gasteiger partial charge in [-0.3, -0.25) is 0 Å². The maximum Gasteiger partial charge on any atom is 0.169 e. The van der Waals surface area contributed by atoms with Crippen LogP contribution in [-0.4, -0.2) is 24.6 Å². The Balaban J connectivity index is 1.22. The Kier molecular flexibility index (Phi) is 9.76. The zero-order chi connectivity index (χ0) is 38.6. The number of nitrogens with zero attached hydrogens (tertiary/aromatic N) is 4. The lowest BCUT2D eigenvalue weighted by molar-refractivity contribution is 0.436. The van der Waals surface area contributed by atoms with E-state index in [1.54, 1.807) is 18.2 Å². The van der Waals surface area contributed by atoms with Crippen molar-refractivity contribution in [3.05, 3.63) is 207 Å². The lowest BCUT2D eigenvalue weighted by Crippen LogP contribution is -2.05. The smallest absolute Gasteiger partial charge is 0.169 e. The van der Waals surface area contributed by atoms with Gasteiger partial charge in [-0.05, 0) is 53.9 Å². The molecule has 0 aliphatic carbocycles. The highest BCUT2D eigenvalue weighted by Crippen LogP contribution is 2.49. The Morgan fingerprint density at radius 1 is 0.643 bits per heavy atom.